The Hall–Kier alpha value is -1.67. The monoisotopic (exact) mass is 370 g/mol. The fourth-order valence-corrected chi connectivity index (χ4v) is 3.74. The van der Waals surface area contributed by atoms with Gasteiger partial charge in [-0.2, -0.15) is 0 Å². The van der Waals surface area contributed by atoms with Crippen molar-refractivity contribution in [2.24, 2.45) is 0 Å². The van der Waals surface area contributed by atoms with Crippen LogP contribution in [0.3, 0.4) is 0 Å². The zero-order valence-electron chi connectivity index (χ0n) is 11.9. The Kier molecular flexibility index (Phi) is 4.29. The molecule has 3 rings (SSSR count). The molecule has 6 nitrogen and oxygen atoms in total. The minimum absolute atomic E-state index is 0.0348. The molecule has 2 aromatic heterocycles. The van der Waals surface area contributed by atoms with Gasteiger partial charge in [0.15, 0.2) is 11.5 Å². The van der Waals surface area contributed by atoms with E-state index in [-0.39, 0.29) is 9.92 Å². The van der Waals surface area contributed by atoms with Crippen LogP contribution in [0.5, 0.6) is 0 Å². The van der Waals surface area contributed by atoms with Gasteiger partial charge in [0.25, 0.3) is 0 Å². The molecule has 23 heavy (non-hydrogen) atoms. The summed E-state index contributed by atoms with van der Waals surface area (Å²) in [7, 11) is -3.77. The molecule has 0 spiro atoms. The molecule has 1 atom stereocenters. The molecule has 120 valence electrons. The number of sulfonamides is 1. The summed E-state index contributed by atoms with van der Waals surface area (Å²) in [4.78, 5) is 0.0348. The molecule has 0 fully saturated rings. The minimum Gasteiger partial charge on any atom is -0.285 e. The van der Waals surface area contributed by atoms with Crippen LogP contribution in [0.25, 0.3) is 5.65 Å². The largest absolute Gasteiger partial charge is 0.285 e. The van der Waals surface area contributed by atoms with E-state index in [2.05, 4.69) is 14.9 Å². The summed E-state index contributed by atoms with van der Waals surface area (Å²) in [5.41, 5.74) is 0.642. The van der Waals surface area contributed by atoms with E-state index >= 15 is 0 Å². The molecule has 0 bridgehead atoms. The number of aromatic nitrogens is 3. The lowest BCUT2D eigenvalue weighted by Crippen LogP contribution is -2.28. The molecule has 0 aliphatic carbocycles. The maximum absolute atomic E-state index is 12.5. The van der Waals surface area contributed by atoms with Crippen molar-refractivity contribution in [2.75, 3.05) is 0 Å². The van der Waals surface area contributed by atoms with Gasteiger partial charge in [0.1, 0.15) is 0 Å². The lowest BCUT2D eigenvalue weighted by Gasteiger charge is -2.13. The number of nitrogens with one attached hydrogen (secondary N) is 1. The molecule has 0 saturated carbocycles. The summed E-state index contributed by atoms with van der Waals surface area (Å²) in [6.45, 7) is 1.69. The zero-order chi connectivity index (χ0) is 16.6. The third kappa shape index (κ3) is 3.18. The molecule has 0 aliphatic heterocycles. The average Bonchev–Trinajstić information content (AvgIpc) is 2.93. The quantitative estimate of drug-likeness (QED) is 0.765. The van der Waals surface area contributed by atoms with E-state index in [4.69, 9.17) is 23.2 Å². The summed E-state index contributed by atoms with van der Waals surface area (Å²) in [5.74, 6) is 0.490. The molecule has 3 aromatic rings. The molecular formula is C14H12Cl2N4O2S. The van der Waals surface area contributed by atoms with E-state index in [9.17, 15) is 8.42 Å². The first-order valence-corrected chi connectivity index (χ1v) is 8.89. The molecule has 1 N–H and O–H groups in total. The molecule has 0 aliphatic rings. The van der Waals surface area contributed by atoms with Gasteiger partial charge in [-0.05, 0) is 37.3 Å². The van der Waals surface area contributed by atoms with Crippen molar-refractivity contribution in [3.63, 3.8) is 0 Å². The van der Waals surface area contributed by atoms with Crippen LogP contribution in [0.15, 0.2) is 47.5 Å². The number of rotatable bonds is 4. The van der Waals surface area contributed by atoms with Gasteiger partial charge in [0, 0.05) is 6.20 Å². The topological polar surface area (TPSA) is 76.4 Å². The first-order valence-electron chi connectivity index (χ1n) is 6.65. The lowest BCUT2D eigenvalue weighted by atomic mass is 10.3. The second-order valence-electron chi connectivity index (χ2n) is 4.91. The number of hydrogen-bond donors (Lipinski definition) is 1. The Morgan fingerprint density at radius 2 is 1.91 bits per heavy atom. The van der Waals surface area contributed by atoms with Crippen LogP contribution in [-0.2, 0) is 10.0 Å². The minimum atomic E-state index is -3.77. The van der Waals surface area contributed by atoms with E-state index in [0.717, 1.165) is 0 Å². The predicted molar refractivity (Wildman–Crippen MR) is 88.2 cm³/mol. The highest BCUT2D eigenvalue weighted by Gasteiger charge is 2.22. The van der Waals surface area contributed by atoms with Crippen LogP contribution in [0.1, 0.15) is 18.8 Å². The van der Waals surface area contributed by atoms with Gasteiger partial charge >= 0.3 is 0 Å². The summed E-state index contributed by atoms with van der Waals surface area (Å²) in [6.07, 6.45) is 1.77. The number of benzene rings is 1. The molecule has 0 radical (unpaired) electrons. The van der Waals surface area contributed by atoms with Crippen molar-refractivity contribution in [1.29, 1.82) is 0 Å². The number of halogens is 2. The van der Waals surface area contributed by atoms with Gasteiger partial charge in [-0.3, -0.25) is 4.40 Å². The SMILES string of the molecule is CC(NS(=O)(=O)c1ccc(Cl)c(Cl)c1)c1nnc2ccccn12. The molecule has 9 heteroatoms. The van der Waals surface area contributed by atoms with E-state index in [1.807, 2.05) is 12.1 Å². The van der Waals surface area contributed by atoms with Crippen LogP contribution < -0.4 is 4.72 Å². The van der Waals surface area contributed by atoms with Crippen LogP contribution in [0, 0.1) is 0 Å². The highest BCUT2D eigenvalue weighted by Crippen LogP contribution is 2.25. The maximum Gasteiger partial charge on any atom is 0.241 e. The van der Waals surface area contributed by atoms with E-state index in [0.29, 0.717) is 16.5 Å². The number of nitrogens with zero attached hydrogens (tertiary/aromatic N) is 3. The van der Waals surface area contributed by atoms with Crippen molar-refractivity contribution in [2.45, 2.75) is 17.9 Å². The maximum atomic E-state index is 12.5. The summed E-state index contributed by atoms with van der Waals surface area (Å²) in [6, 6.07) is 9.00. The third-order valence-electron chi connectivity index (χ3n) is 3.26. The lowest BCUT2D eigenvalue weighted by molar-refractivity contribution is 0.558. The first-order chi connectivity index (χ1) is 10.9. The number of pyridine rings is 1. The Bertz CT molecular complexity index is 972. The van der Waals surface area contributed by atoms with Gasteiger partial charge in [0.2, 0.25) is 10.0 Å². The second-order valence-corrected chi connectivity index (χ2v) is 7.43. The predicted octanol–water partition coefficient (Wildman–Crippen LogP) is 3.08. The Labute approximate surface area is 143 Å². The zero-order valence-corrected chi connectivity index (χ0v) is 14.3. The van der Waals surface area contributed by atoms with Gasteiger partial charge < -0.3 is 0 Å². The third-order valence-corrected chi connectivity index (χ3v) is 5.54. The fourth-order valence-electron chi connectivity index (χ4n) is 2.15. The standard InChI is InChI=1S/C14H12Cl2N4O2S/c1-9(14-18-17-13-4-2-3-7-20(13)14)19-23(21,22)10-5-6-11(15)12(16)8-10/h2-9,19H,1H3. The molecule has 0 amide bonds. The Morgan fingerprint density at radius 3 is 2.65 bits per heavy atom. The summed E-state index contributed by atoms with van der Waals surface area (Å²) >= 11 is 11.7. The highest BCUT2D eigenvalue weighted by molar-refractivity contribution is 7.89. The molecule has 1 aromatic carbocycles. The van der Waals surface area contributed by atoms with Crippen molar-refractivity contribution in [3.8, 4) is 0 Å². The van der Waals surface area contributed by atoms with Crippen LogP contribution in [-0.4, -0.2) is 23.0 Å². The van der Waals surface area contributed by atoms with Gasteiger partial charge in [0.05, 0.1) is 21.0 Å². The molecule has 0 saturated heterocycles. The van der Waals surface area contributed by atoms with Crippen LogP contribution >= 0.6 is 23.2 Å². The summed E-state index contributed by atoms with van der Waals surface area (Å²) < 4.78 is 29.2. The smallest absolute Gasteiger partial charge is 0.241 e. The first kappa shape index (κ1) is 16.2. The van der Waals surface area contributed by atoms with Gasteiger partial charge in [-0.1, -0.05) is 29.3 Å². The second kappa shape index (κ2) is 6.09. The summed E-state index contributed by atoms with van der Waals surface area (Å²) in [5, 5.41) is 8.52. The van der Waals surface area contributed by atoms with Crippen molar-refractivity contribution >= 4 is 38.9 Å². The number of hydrogen-bond acceptors (Lipinski definition) is 4. The van der Waals surface area contributed by atoms with Gasteiger partial charge in [-0.15, -0.1) is 10.2 Å². The van der Waals surface area contributed by atoms with Crippen LogP contribution in [0.4, 0.5) is 0 Å². The van der Waals surface area contributed by atoms with E-state index < -0.39 is 16.1 Å². The normalized spacial score (nSPS) is 13.3. The van der Waals surface area contributed by atoms with Crippen molar-refractivity contribution in [3.05, 3.63) is 58.5 Å². The fraction of sp³-hybridized carbons (Fsp3) is 0.143. The van der Waals surface area contributed by atoms with Crippen LogP contribution in [0.2, 0.25) is 10.0 Å². The van der Waals surface area contributed by atoms with Gasteiger partial charge in [-0.25, -0.2) is 13.1 Å². The van der Waals surface area contributed by atoms with E-state index in [1.165, 1.54) is 18.2 Å². The Morgan fingerprint density at radius 1 is 1.13 bits per heavy atom. The molecular weight excluding hydrogens is 359 g/mol. The highest BCUT2D eigenvalue weighted by atomic mass is 35.5. The Balaban J connectivity index is 1.92. The average molecular weight is 371 g/mol. The van der Waals surface area contributed by atoms with E-state index in [1.54, 1.807) is 23.6 Å². The van der Waals surface area contributed by atoms with Crippen molar-refractivity contribution in [1.82, 2.24) is 19.3 Å². The number of fused-ring (bicyclic) bond motifs is 1. The molecule has 1 unspecified atom stereocenters. The van der Waals surface area contributed by atoms with Crippen molar-refractivity contribution < 1.29 is 8.42 Å². The molecule has 2 heterocycles.